The summed E-state index contributed by atoms with van der Waals surface area (Å²) in [6, 6.07) is 10.5. The molecular weight excluding hydrogens is 346 g/mol. The number of fused-ring (bicyclic) bond motifs is 1. The molecule has 0 unspecified atom stereocenters. The first-order valence-corrected chi connectivity index (χ1v) is 8.27. The van der Waals surface area contributed by atoms with Gasteiger partial charge in [0.2, 0.25) is 5.91 Å². The molecule has 134 valence electrons. The summed E-state index contributed by atoms with van der Waals surface area (Å²) < 4.78 is 2.99. The Morgan fingerprint density at radius 3 is 2.85 bits per heavy atom. The SMILES string of the molecule is O=C(CCn1cnc2ccccc2c1=O)Nc1cc(-n2cccn2)ncn1. The largest absolute Gasteiger partial charge is 0.310 e. The minimum absolute atomic E-state index is 0.112. The maximum absolute atomic E-state index is 12.4. The molecule has 3 heterocycles. The van der Waals surface area contributed by atoms with E-state index in [4.69, 9.17) is 0 Å². The second kappa shape index (κ2) is 7.16. The Bertz CT molecular complexity index is 1150. The van der Waals surface area contributed by atoms with Crippen LogP contribution in [0.1, 0.15) is 6.42 Å². The smallest absolute Gasteiger partial charge is 0.261 e. The van der Waals surface area contributed by atoms with E-state index >= 15 is 0 Å². The van der Waals surface area contributed by atoms with Gasteiger partial charge in [0.05, 0.1) is 17.2 Å². The van der Waals surface area contributed by atoms with Gasteiger partial charge in [0, 0.05) is 31.4 Å². The number of carbonyl (C=O) groups excluding carboxylic acids is 1. The molecular formula is C18H15N7O2. The number of aromatic nitrogens is 6. The van der Waals surface area contributed by atoms with E-state index in [1.165, 1.54) is 17.2 Å². The molecule has 27 heavy (non-hydrogen) atoms. The Kier molecular flexibility index (Phi) is 4.40. The number of benzene rings is 1. The van der Waals surface area contributed by atoms with Crippen molar-refractivity contribution in [3.63, 3.8) is 0 Å². The number of aryl methyl sites for hydroxylation is 1. The molecule has 0 bridgehead atoms. The van der Waals surface area contributed by atoms with Crippen LogP contribution >= 0.6 is 0 Å². The number of para-hydroxylation sites is 1. The molecule has 0 saturated heterocycles. The Morgan fingerprint density at radius 1 is 1.11 bits per heavy atom. The van der Waals surface area contributed by atoms with Gasteiger partial charge in [0.25, 0.3) is 5.56 Å². The first-order valence-electron chi connectivity index (χ1n) is 8.27. The lowest BCUT2D eigenvalue weighted by Crippen LogP contribution is -2.23. The van der Waals surface area contributed by atoms with Gasteiger partial charge >= 0.3 is 0 Å². The van der Waals surface area contributed by atoms with Gasteiger partial charge in [-0.3, -0.25) is 14.2 Å². The third-order valence-electron chi connectivity index (χ3n) is 3.97. The van der Waals surface area contributed by atoms with Crippen molar-refractivity contribution in [3.8, 4) is 5.82 Å². The van der Waals surface area contributed by atoms with Crippen LogP contribution in [0, 0.1) is 0 Å². The lowest BCUT2D eigenvalue weighted by Gasteiger charge is -2.08. The monoisotopic (exact) mass is 361 g/mol. The molecule has 0 aliphatic carbocycles. The molecule has 0 spiro atoms. The molecule has 9 heteroatoms. The fourth-order valence-electron chi connectivity index (χ4n) is 2.64. The van der Waals surface area contributed by atoms with Crippen molar-refractivity contribution in [2.24, 2.45) is 0 Å². The lowest BCUT2D eigenvalue weighted by atomic mass is 10.2. The van der Waals surface area contributed by atoms with Gasteiger partial charge in [-0.1, -0.05) is 12.1 Å². The van der Waals surface area contributed by atoms with Crippen LogP contribution < -0.4 is 10.9 Å². The van der Waals surface area contributed by atoms with E-state index in [0.717, 1.165) is 0 Å². The van der Waals surface area contributed by atoms with Crippen molar-refractivity contribution in [1.82, 2.24) is 29.3 Å². The van der Waals surface area contributed by atoms with E-state index in [1.807, 2.05) is 6.07 Å². The Hall–Kier alpha value is -3.88. The summed E-state index contributed by atoms with van der Waals surface area (Å²) in [7, 11) is 0. The molecule has 4 aromatic rings. The van der Waals surface area contributed by atoms with E-state index in [-0.39, 0.29) is 24.4 Å². The summed E-state index contributed by atoms with van der Waals surface area (Å²) in [6.07, 6.45) is 6.30. The first kappa shape index (κ1) is 16.6. The highest BCUT2D eigenvalue weighted by Crippen LogP contribution is 2.09. The first-order chi connectivity index (χ1) is 13.2. The number of carbonyl (C=O) groups is 1. The highest BCUT2D eigenvalue weighted by Gasteiger charge is 2.08. The molecule has 4 rings (SSSR count). The normalized spacial score (nSPS) is 10.8. The highest BCUT2D eigenvalue weighted by molar-refractivity contribution is 5.89. The van der Waals surface area contributed by atoms with Gasteiger partial charge in [0.15, 0.2) is 5.82 Å². The number of nitrogens with zero attached hydrogens (tertiary/aromatic N) is 6. The topological polar surface area (TPSA) is 108 Å². The van der Waals surface area contributed by atoms with Crippen LogP contribution in [0.15, 0.2) is 66.2 Å². The molecule has 0 radical (unpaired) electrons. The van der Waals surface area contributed by atoms with Gasteiger partial charge in [-0.15, -0.1) is 0 Å². The minimum Gasteiger partial charge on any atom is -0.310 e. The quantitative estimate of drug-likeness (QED) is 0.576. The number of rotatable bonds is 5. The van der Waals surface area contributed by atoms with Crippen LogP contribution in [0.25, 0.3) is 16.7 Å². The van der Waals surface area contributed by atoms with Crippen LogP contribution in [0.5, 0.6) is 0 Å². The zero-order valence-electron chi connectivity index (χ0n) is 14.2. The van der Waals surface area contributed by atoms with Gasteiger partial charge in [-0.25, -0.2) is 19.6 Å². The van der Waals surface area contributed by atoms with E-state index < -0.39 is 0 Å². The summed E-state index contributed by atoms with van der Waals surface area (Å²) in [4.78, 5) is 37.1. The van der Waals surface area contributed by atoms with Crippen molar-refractivity contribution < 1.29 is 4.79 Å². The van der Waals surface area contributed by atoms with E-state index in [0.29, 0.717) is 22.5 Å². The predicted molar refractivity (Wildman–Crippen MR) is 98.4 cm³/mol. The average molecular weight is 361 g/mol. The lowest BCUT2D eigenvalue weighted by molar-refractivity contribution is -0.116. The molecule has 3 aromatic heterocycles. The third-order valence-corrected chi connectivity index (χ3v) is 3.97. The van der Waals surface area contributed by atoms with Gasteiger partial charge in [-0.05, 0) is 18.2 Å². The molecule has 0 fully saturated rings. The second-order valence-electron chi connectivity index (χ2n) is 5.77. The van der Waals surface area contributed by atoms with Gasteiger partial charge in [0.1, 0.15) is 12.1 Å². The number of hydrogen-bond acceptors (Lipinski definition) is 6. The van der Waals surface area contributed by atoms with Gasteiger partial charge in [-0.2, -0.15) is 5.10 Å². The van der Waals surface area contributed by atoms with Crippen LogP contribution in [0.3, 0.4) is 0 Å². The maximum Gasteiger partial charge on any atom is 0.261 e. The van der Waals surface area contributed by atoms with Crippen LogP contribution in [0.4, 0.5) is 5.82 Å². The minimum atomic E-state index is -0.264. The number of amides is 1. The van der Waals surface area contributed by atoms with Crippen molar-refractivity contribution in [1.29, 1.82) is 0 Å². The van der Waals surface area contributed by atoms with Crippen molar-refractivity contribution in [2.75, 3.05) is 5.32 Å². The van der Waals surface area contributed by atoms with Crippen LogP contribution in [-0.4, -0.2) is 35.2 Å². The Balaban J connectivity index is 1.44. The molecule has 1 N–H and O–H groups in total. The standard InChI is InChI=1S/C18H15N7O2/c26-17(23-15-10-16(20-11-19-15)25-8-3-7-22-25)6-9-24-12-21-14-5-2-1-4-13(14)18(24)27/h1-5,7-8,10-12H,6,9H2,(H,19,20,23,26). The third kappa shape index (κ3) is 3.56. The van der Waals surface area contributed by atoms with E-state index in [9.17, 15) is 9.59 Å². The fraction of sp³-hybridized carbons (Fsp3) is 0.111. The second-order valence-corrected chi connectivity index (χ2v) is 5.77. The van der Waals surface area contributed by atoms with Crippen molar-refractivity contribution in [3.05, 3.63) is 71.8 Å². The van der Waals surface area contributed by atoms with Gasteiger partial charge < -0.3 is 5.32 Å². The molecule has 0 aliphatic rings. The summed E-state index contributed by atoms with van der Waals surface area (Å²) in [5.74, 6) is 0.643. The molecule has 0 atom stereocenters. The number of hydrogen-bond donors (Lipinski definition) is 1. The molecule has 1 aromatic carbocycles. The maximum atomic E-state index is 12.4. The van der Waals surface area contributed by atoms with E-state index in [1.54, 1.807) is 47.4 Å². The average Bonchev–Trinajstić information content (AvgIpc) is 3.23. The number of anilines is 1. The summed E-state index contributed by atoms with van der Waals surface area (Å²) >= 11 is 0. The van der Waals surface area contributed by atoms with E-state index in [2.05, 4.69) is 25.4 Å². The Labute approximate surface area is 153 Å². The van der Waals surface area contributed by atoms with Crippen molar-refractivity contribution >= 4 is 22.6 Å². The zero-order valence-corrected chi connectivity index (χ0v) is 14.2. The van der Waals surface area contributed by atoms with Crippen LogP contribution in [-0.2, 0) is 11.3 Å². The van der Waals surface area contributed by atoms with Crippen molar-refractivity contribution in [2.45, 2.75) is 13.0 Å². The number of nitrogens with one attached hydrogen (secondary N) is 1. The molecule has 0 saturated carbocycles. The molecule has 9 nitrogen and oxygen atoms in total. The van der Waals surface area contributed by atoms with Crippen LogP contribution in [0.2, 0.25) is 0 Å². The molecule has 0 aliphatic heterocycles. The summed E-state index contributed by atoms with van der Waals surface area (Å²) in [5, 5.41) is 7.32. The summed E-state index contributed by atoms with van der Waals surface area (Å²) in [6.45, 7) is 0.222. The zero-order chi connectivity index (χ0) is 18.6. The fourth-order valence-corrected chi connectivity index (χ4v) is 2.64. The Morgan fingerprint density at radius 2 is 2.00 bits per heavy atom. The highest BCUT2D eigenvalue weighted by atomic mass is 16.2. The predicted octanol–water partition coefficient (Wildman–Crippen LogP) is 1.40. The molecule has 1 amide bonds. The summed E-state index contributed by atoms with van der Waals surface area (Å²) in [5.41, 5.74) is 0.465.